The van der Waals surface area contributed by atoms with Gasteiger partial charge in [-0.25, -0.2) is 13.2 Å². The van der Waals surface area contributed by atoms with Crippen molar-refractivity contribution in [3.63, 3.8) is 0 Å². The summed E-state index contributed by atoms with van der Waals surface area (Å²) in [5.74, 6) is -0.143. The van der Waals surface area contributed by atoms with Crippen molar-refractivity contribution >= 4 is 27.5 Å². The van der Waals surface area contributed by atoms with E-state index in [1.807, 2.05) is 19.1 Å². The molecule has 1 unspecified atom stereocenters. The van der Waals surface area contributed by atoms with Gasteiger partial charge in [-0.2, -0.15) is 0 Å². The maximum Gasteiger partial charge on any atom is 0.338 e. The largest absolute Gasteiger partial charge is 0.486 e. The van der Waals surface area contributed by atoms with E-state index in [0.29, 0.717) is 30.3 Å². The standard InChI is InChI=1S/C25H23NO7S/c1-16-3-5-18(6-4-16)24(27)17(2)33-25(28)19-7-9-20(10-8-19)26-34(29,30)21-11-12-22-23(15-21)32-14-13-31-22/h3-12,15,17,26H,13-14H2,1-2H3. The molecule has 0 bridgehead atoms. The summed E-state index contributed by atoms with van der Waals surface area (Å²) in [7, 11) is -3.89. The molecule has 0 spiro atoms. The molecule has 34 heavy (non-hydrogen) atoms. The van der Waals surface area contributed by atoms with Gasteiger partial charge in [0.05, 0.1) is 10.5 Å². The Labute approximate surface area is 197 Å². The summed E-state index contributed by atoms with van der Waals surface area (Å²) in [5.41, 5.74) is 1.92. The second kappa shape index (κ2) is 9.56. The van der Waals surface area contributed by atoms with Gasteiger partial charge < -0.3 is 14.2 Å². The molecular formula is C25H23NO7S. The number of ketones is 1. The molecule has 3 aromatic rings. The Morgan fingerprint density at radius 2 is 1.50 bits per heavy atom. The molecule has 4 rings (SSSR count). The summed E-state index contributed by atoms with van der Waals surface area (Å²) in [6.07, 6.45) is -0.969. The summed E-state index contributed by atoms with van der Waals surface area (Å²) >= 11 is 0. The van der Waals surface area contributed by atoms with E-state index in [1.54, 1.807) is 18.2 Å². The average Bonchev–Trinajstić information content (AvgIpc) is 2.84. The number of rotatable bonds is 7. The Hall–Kier alpha value is -3.85. The predicted octanol–water partition coefficient (Wildman–Crippen LogP) is 4.00. The van der Waals surface area contributed by atoms with Crippen molar-refractivity contribution in [1.29, 1.82) is 0 Å². The number of sulfonamides is 1. The van der Waals surface area contributed by atoms with Crippen molar-refractivity contribution in [2.45, 2.75) is 24.8 Å². The van der Waals surface area contributed by atoms with Crippen molar-refractivity contribution in [2.24, 2.45) is 0 Å². The van der Waals surface area contributed by atoms with E-state index in [2.05, 4.69) is 4.72 Å². The van der Waals surface area contributed by atoms with Gasteiger partial charge in [0, 0.05) is 17.3 Å². The molecule has 1 atom stereocenters. The fraction of sp³-hybridized carbons (Fsp3) is 0.200. The zero-order valence-electron chi connectivity index (χ0n) is 18.6. The van der Waals surface area contributed by atoms with Gasteiger partial charge in [0.25, 0.3) is 10.0 Å². The smallest absolute Gasteiger partial charge is 0.338 e. The molecule has 1 aliphatic heterocycles. The molecule has 0 amide bonds. The second-order valence-corrected chi connectivity index (χ2v) is 9.45. The van der Waals surface area contributed by atoms with Gasteiger partial charge in [-0.05, 0) is 50.2 Å². The van der Waals surface area contributed by atoms with Crippen molar-refractivity contribution in [3.05, 3.63) is 83.4 Å². The van der Waals surface area contributed by atoms with E-state index < -0.39 is 22.1 Å². The first-order valence-electron chi connectivity index (χ1n) is 10.6. The van der Waals surface area contributed by atoms with Crippen LogP contribution in [0.4, 0.5) is 5.69 Å². The first-order valence-corrected chi connectivity index (χ1v) is 12.1. The van der Waals surface area contributed by atoms with Gasteiger partial charge in [-0.3, -0.25) is 9.52 Å². The third kappa shape index (κ3) is 5.20. The second-order valence-electron chi connectivity index (χ2n) is 7.77. The van der Waals surface area contributed by atoms with Crippen LogP contribution >= 0.6 is 0 Å². The van der Waals surface area contributed by atoms with Crippen LogP contribution in [0.15, 0.2) is 71.6 Å². The van der Waals surface area contributed by atoms with Crippen molar-refractivity contribution in [3.8, 4) is 11.5 Å². The summed E-state index contributed by atoms with van der Waals surface area (Å²) in [5, 5.41) is 0. The SMILES string of the molecule is Cc1ccc(C(=O)C(C)OC(=O)c2ccc(NS(=O)(=O)c3ccc4c(c3)OCCO4)cc2)cc1. The molecule has 0 aliphatic carbocycles. The van der Waals surface area contributed by atoms with E-state index in [4.69, 9.17) is 14.2 Å². The van der Waals surface area contributed by atoms with Crippen LogP contribution in [0.2, 0.25) is 0 Å². The number of hydrogen-bond donors (Lipinski definition) is 1. The van der Waals surface area contributed by atoms with Crippen molar-refractivity contribution in [2.75, 3.05) is 17.9 Å². The number of ether oxygens (including phenoxy) is 3. The number of carbonyl (C=O) groups excluding carboxylic acids is 2. The molecule has 1 aliphatic rings. The molecule has 8 nitrogen and oxygen atoms in total. The lowest BCUT2D eigenvalue weighted by molar-refractivity contribution is 0.0319. The normalized spacial score (nSPS) is 13.6. The number of hydrogen-bond acceptors (Lipinski definition) is 7. The Balaban J connectivity index is 1.40. The number of esters is 1. The van der Waals surface area contributed by atoms with Crippen LogP contribution in [0.3, 0.4) is 0 Å². The lowest BCUT2D eigenvalue weighted by Crippen LogP contribution is -2.24. The van der Waals surface area contributed by atoms with E-state index in [9.17, 15) is 18.0 Å². The first kappa shape index (κ1) is 23.3. The summed E-state index contributed by atoms with van der Waals surface area (Å²) < 4.78 is 44.1. The molecule has 0 fully saturated rings. The van der Waals surface area contributed by atoms with E-state index in [1.165, 1.54) is 43.3 Å². The third-order valence-electron chi connectivity index (χ3n) is 5.19. The quantitative estimate of drug-likeness (QED) is 0.401. The molecule has 0 saturated heterocycles. The highest BCUT2D eigenvalue weighted by Gasteiger charge is 2.22. The van der Waals surface area contributed by atoms with E-state index >= 15 is 0 Å². The number of Topliss-reactive ketones (excluding diaryl/α,β-unsaturated/α-hetero) is 1. The lowest BCUT2D eigenvalue weighted by atomic mass is 10.1. The highest BCUT2D eigenvalue weighted by Crippen LogP contribution is 2.32. The Kier molecular flexibility index (Phi) is 6.56. The van der Waals surface area contributed by atoms with Gasteiger partial charge >= 0.3 is 5.97 Å². The monoisotopic (exact) mass is 481 g/mol. The predicted molar refractivity (Wildman–Crippen MR) is 125 cm³/mol. The van der Waals surface area contributed by atoms with Crippen molar-refractivity contribution < 1.29 is 32.2 Å². The highest BCUT2D eigenvalue weighted by molar-refractivity contribution is 7.92. The van der Waals surface area contributed by atoms with Crippen LogP contribution in [0.1, 0.15) is 33.2 Å². The number of fused-ring (bicyclic) bond motifs is 1. The Morgan fingerprint density at radius 3 is 2.18 bits per heavy atom. The molecule has 176 valence electrons. The number of aryl methyl sites for hydroxylation is 1. The summed E-state index contributed by atoms with van der Waals surface area (Å²) in [6.45, 7) is 4.18. The van der Waals surface area contributed by atoms with Crippen LogP contribution in [-0.4, -0.2) is 39.5 Å². The van der Waals surface area contributed by atoms with Gasteiger partial charge in [0.1, 0.15) is 13.2 Å². The third-order valence-corrected chi connectivity index (χ3v) is 6.56. The molecule has 0 radical (unpaired) electrons. The van der Waals surface area contributed by atoms with Crippen molar-refractivity contribution in [1.82, 2.24) is 0 Å². The zero-order chi connectivity index (χ0) is 24.3. The van der Waals surface area contributed by atoms with Crippen LogP contribution < -0.4 is 14.2 Å². The maximum atomic E-state index is 12.7. The topological polar surface area (TPSA) is 108 Å². The molecule has 0 saturated carbocycles. The summed E-state index contributed by atoms with van der Waals surface area (Å²) in [4.78, 5) is 25.0. The average molecular weight is 482 g/mol. The zero-order valence-corrected chi connectivity index (χ0v) is 19.4. The Morgan fingerprint density at radius 1 is 0.882 bits per heavy atom. The molecule has 9 heteroatoms. The van der Waals surface area contributed by atoms with Crippen LogP contribution in [0, 0.1) is 6.92 Å². The molecule has 0 aromatic heterocycles. The van der Waals surface area contributed by atoms with Gasteiger partial charge in [-0.15, -0.1) is 0 Å². The fourth-order valence-corrected chi connectivity index (χ4v) is 4.39. The number of anilines is 1. The minimum Gasteiger partial charge on any atom is -0.486 e. The lowest BCUT2D eigenvalue weighted by Gasteiger charge is -2.19. The molecule has 3 aromatic carbocycles. The Bertz CT molecular complexity index is 1320. The van der Waals surface area contributed by atoms with Crippen LogP contribution in [0.25, 0.3) is 0 Å². The van der Waals surface area contributed by atoms with Crippen LogP contribution in [-0.2, 0) is 14.8 Å². The molecule has 1 N–H and O–H groups in total. The number of nitrogens with one attached hydrogen (secondary N) is 1. The summed E-state index contributed by atoms with van der Waals surface area (Å²) in [6, 6.07) is 17.1. The highest BCUT2D eigenvalue weighted by atomic mass is 32.2. The first-order chi connectivity index (χ1) is 16.2. The van der Waals surface area contributed by atoms with Crippen LogP contribution in [0.5, 0.6) is 11.5 Å². The van der Waals surface area contributed by atoms with Gasteiger partial charge in [-0.1, -0.05) is 29.8 Å². The fourth-order valence-electron chi connectivity index (χ4n) is 3.31. The maximum absolute atomic E-state index is 12.7. The number of benzene rings is 3. The minimum atomic E-state index is -3.89. The number of carbonyl (C=O) groups is 2. The van der Waals surface area contributed by atoms with E-state index in [-0.39, 0.29) is 21.9 Å². The minimum absolute atomic E-state index is 0.0173. The molecule has 1 heterocycles. The van der Waals surface area contributed by atoms with Gasteiger partial charge in [0.15, 0.2) is 17.6 Å². The molecular weight excluding hydrogens is 458 g/mol. The van der Waals surface area contributed by atoms with E-state index in [0.717, 1.165) is 5.56 Å². The van der Waals surface area contributed by atoms with Gasteiger partial charge in [0.2, 0.25) is 5.78 Å².